The van der Waals surface area contributed by atoms with Gasteiger partial charge in [0, 0.05) is 33.3 Å². The summed E-state index contributed by atoms with van der Waals surface area (Å²) in [4.78, 5) is 15.9. The van der Waals surface area contributed by atoms with Gasteiger partial charge in [0.05, 0.1) is 12.3 Å². The van der Waals surface area contributed by atoms with Gasteiger partial charge in [-0.05, 0) is 12.1 Å². The Labute approximate surface area is 130 Å². The molecule has 1 aliphatic heterocycles. The first kappa shape index (κ1) is 17.6. The number of ether oxygens (including phenoxy) is 1. The molecule has 1 heterocycles. The van der Waals surface area contributed by atoms with Gasteiger partial charge in [-0.15, -0.1) is 12.4 Å². The van der Waals surface area contributed by atoms with E-state index in [1.54, 1.807) is 17.0 Å². The molecular formula is C14H22ClN3O3. The second-order valence-corrected chi connectivity index (χ2v) is 4.86. The van der Waals surface area contributed by atoms with Crippen LogP contribution in [0, 0.1) is 0 Å². The summed E-state index contributed by atoms with van der Waals surface area (Å²) < 4.78 is 4.91. The van der Waals surface area contributed by atoms with Crippen LogP contribution in [0.25, 0.3) is 0 Å². The van der Waals surface area contributed by atoms with Crippen LogP contribution in [0.15, 0.2) is 24.3 Å². The topological polar surface area (TPSA) is 79.0 Å². The Morgan fingerprint density at radius 3 is 2.52 bits per heavy atom. The van der Waals surface area contributed by atoms with E-state index in [1.165, 1.54) is 7.11 Å². The van der Waals surface area contributed by atoms with E-state index < -0.39 is 6.04 Å². The molecule has 1 fully saturated rings. The number of hydrogen-bond acceptors (Lipinski definition) is 5. The first-order valence-electron chi connectivity index (χ1n) is 6.69. The maximum Gasteiger partial charge on any atom is 0.241 e. The van der Waals surface area contributed by atoms with Gasteiger partial charge in [0.1, 0.15) is 11.8 Å². The standard InChI is InChI=1S/C14H21N3O3.ClH/c1-20-10-11(15)14(19)17-8-6-16(7-9-17)12-4-2-3-5-13(12)18;/h2-5,11,18H,6-10,15H2,1H3;1H. The van der Waals surface area contributed by atoms with Crippen molar-refractivity contribution >= 4 is 24.0 Å². The summed E-state index contributed by atoms with van der Waals surface area (Å²) in [5.41, 5.74) is 6.56. The first-order chi connectivity index (χ1) is 9.63. The molecular weight excluding hydrogens is 294 g/mol. The lowest BCUT2D eigenvalue weighted by atomic mass is 10.2. The zero-order chi connectivity index (χ0) is 14.5. The number of para-hydroxylation sites is 2. The number of amides is 1. The van der Waals surface area contributed by atoms with Crippen LogP contribution in [0.2, 0.25) is 0 Å². The normalized spacial score (nSPS) is 16.3. The van der Waals surface area contributed by atoms with E-state index in [1.807, 2.05) is 12.1 Å². The van der Waals surface area contributed by atoms with E-state index in [9.17, 15) is 9.90 Å². The smallest absolute Gasteiger partial charge is 0.241 e. The van der Waals surface area contributed by atoms with Crippen molar-refractivity contribution in [2.45, 2.75) is 6.04 Å². The lowest BCUT2D eigenvalue weighted by Gasteiger charge is -2.37. The van der Waals surface area contributed by atoms with Crippen molar-refractivity contribution in [1.29, 1.82) is 0 Å². The van der Waals surface area contributed by atoms with Gasteiger partial charge in [-0.25, -0.2) is 0 Å². The second-order valence-electron chi connectivity index (χ2n) is 4.86. The fraction of sp³-hybridized carbons (Fsp3) is 0.500. The number of anilines is 1. The van der Waals surface area contributed by atoms with E-state index in [0.717, 1.165) is 5.69 Å². The lowest BCUT2D eigenvalue weighted by Crippen LogP contribution is -2.54. The molecule has 1 aliphatic rings. The average molecular weight is 316 g/mol. The van der Waals surface area contributed by atoms with Crippen molar-refractivity contribution in [3.05, 3.63) is 24.3 Å². The third kappa shape index (κ3) is 4.23. The van der Waals surface area contributed by atoms with Gasteiger partial charge < -0.3 is 25.4 Å². The molecule has 1 aromatic rings. The number of rotatable bonds is 4. The first-order valence-corrected chi connectivity index (χ1v) is 6.69. The number of phenolic OH excluding ortho intramolecular Hbond substituents is 1. The average Bonchev–Trinajstić information content (AvgIpc) is 2.47. The van der Waals surface area contributed by atoms with Crippen LogP contribution in [0.4, 0.5) is 5.69 Å². The van der Waals surface area contributed by atoms with Crippen molar-refractivity contribution in [3.63, 3.8) is 0 Å². The molecule has 1 aromatic carbocycles. The summed E-state index contributed by atoms with van der Waals surface area (Å²) in [6, 6.07) is 6.63. The van der Waals surface area contributed by atoms with Crippen molar-refractivity contribution in [1.82, 2.24) is 4.90 Å². The fourth-order valence-corrected chi connectivity index (χ4v) is 2.38. The van der Waals surface area contributed by atoms with Crippen molar-refractivity contribution in [2.75, 3.05) is 44.8 Å². The van der Waals surface area contributed by atoms with Gasteiger partial charge in [-0.1, -0.05) is 12.1 Å². The maximum absolute atomic E-state index is 12.1. The number of carbonyl (C=O) groups excluding carboxylic acids is 1. The Hall–Kier alpha value is -1.50. The SMILES string of the molecule is COCC(N)C(=O)N1CCN(c2ccccc2O)CC1.Cl. The van der Waals surface area contributed by atoms with E-state index in [2.05, 4.69) is 4.90 Å². The molecule has 0 saturated carbocycles. The molecule has 0 aliphatic carbocycles. The number of piperazine rings is 1. The molecule has 0 spiro atoms. The molecule has 3 N–H and O–H groups in total. The minimum atomic E-state index is -0.600. The largest absolute Gasteiger partial charge is 0.506 e. The number of phenols is 1. The summed E-state index contributed by atoms with van der Waals surface area (Å²) in [5, 5.41) is 9.84. The van der Waals surface area contributed by atoms with Crippen LogP contribution in [-0.4, -0.2) is 61.9 Å². The van der Waals surface area contributed by atoms with Crippen LogP contribution in [0.3, 0.4) is 0 Å². The summed E-state index contributed by atoms with van der Waals surface area (Å²) in [6.07, 6.45) is 0. The highest BCUT2D eigenvalue weighted by Crippen LogP contribution is 2.27. The third-order valence-corrected chi connectivity index (χ3v) is 3.48. The molecule has 0 bridgehead atoms. The number of nitrogens with zero attached hydrogens (tertiary/aromatic N) is 2. The minimum absolute atomic E-state index is 0. The quantitative estimate of drug-likeness (QED) is 0.843. The Morgan fingerprint density at radius 1 is 1.33 bits per heavy atom. The van der Waals surface area contributed by atoms with Crippen LogP contribution >= 0.6 is 12.4 Å². The fourth-order valence-electron chi connectivity index (χ4n) is 2.38. The molecule has 6 nitrogen and oxygen atoms in total. The number of hydrogen-bond donors (Lipinski definition) is 2. The third-order valence-electron chi connectivity index (χ3n) is 3.48. The van der Waals surface area contributed by atoms with Gasteiger partial charge in [0.15, 0.2) is 0 Å². The number of nitrogens with two attached hydrogens (primary N) is 1. The zero-order valence-electron chi connectivity index (χ0n) is 12.1. The molecule has 2 rings (SSSR count). The lowest BCUT2D eigenvalue weighted by molar-refractivity contribution is -0.134. The Bertz CT molecular complexity index is 465. The monoisotopic (exact) mass is 315 g/mol. The molecule has 1 saturated heterocycles. The van der Waals surface area contributed by atoms with Crippen molar-refractivity contribution < 1.29 is 14.6 Å². The number of carbonyl (C=O) groups is 1. The Balaban J connectivity index is 0.00000220. The van der Waals surface area contributed by atoms with E-state index in [-0.39, 0.29) is 30.7 Å². The van der Waals surface area contributed by atoms with Crippen molar-refractivity contribution in [3.8, 4) is 5.75 Å². The minimum Gasteiger partial charge on any atom is -0.506 e. The van der Waals surface area contributed by atoms with Crippen LogP contribution in [0.1, 0.15) is 0 Å². The van der Waals surface area contributed by atoms with E-state index in [4.69, 9.17) is 10.5 Å². The highest BCUT2D eigenvalue weighted by atomic mass is 35.5. The van der Waals surface area contributed by atoms with Gasteiger partial charge in [0.25, 0.3) is 0 Å². The summed E-state index contributed by atoms with van der Waals surface area (Å²) in [5.74, 6) is 0.187. The number of halogens is 1. The molecule has 1 unspecified atom stereocenters. The number of aromatic hydroxyl groups is 1. The highest BCUT2D eigenvalue weighted by molar-refractivity contribution is 5.85. The number of benzene rings is 1. The van der Waals surface area contributed by atoms with Gasteiger partial charge in [-0.3, -0.25) is 4.79 Å². The van der Waals surface area contributed by atoms with Gasteiger partial charge in [-0.2, -0.15) is 0 Å². The second kappa shape index (κ2) is 8.07. The Kier molecular flexibility index (Phi) is 6.74. The summed E-state index contributed by atoms with van der Waals surface area (Å²) in [7, 11) is 1.53. The van der Waals surface area contributed by atoms with Crippen LogP contribution < -0.4 is 10.6 Å². The molecule has 1 atom stereocenters. The molecule has 0 radical (unpaired) electrons. The maximum atomic E-state index is 12.1. The summed E-state index contributed by atoms with van der Waals surface area (Å²) >= 11 is 0. The molecule has 0 aromatic heterocycles. The summed E-state index contributed by atoms with van der Waals surface area (Å²) in [6.45, 7) is 2.81. The highest BCUT2D eigenvalue weighted by Gasteiger charge is 2.25. The van der Waals surface area contributed by atoms with E-state index >= 15 is 0 Å². The molecule has 1 amide bonds. The van der Waals surface area contributed by atoms with Crippen LogP contribution in [-0.2, 0) is 9.53 Å². The van der Waals surface area contributed by atoms with Crippen molar-refractivity contribution in [2.24, 2.45) is 5.73 Å². The molecule has 21 heavy (non-hydrogen) atoms. The zero-order valence-corrected chi connectivity index (χ0v) is 12.9. The predicted molar refractivity (Wildman–Crippen MR) is 84.0 cm³/mol. The Morgan fingerprint density at radius 2 is 1.95 bits per heavy atom. The van der Waals surface area contributed by atoms with Gasteiger partial charge in [0.2, 0.25) is 5.91 Å². The molecule has 7 heteroatoms. The van der Waals surface area contributed by atoms with E-state index in [0.29, 0.717) is 26.2 Å². The molecule has 118 valence electrons. The van der Waals surface area contributed by atoms with Gasteiger partial charge >= 0.3 is 0 Å². The predicted octanol–water partition coefficient (Wildman–Crippen LogP) is 0.436. The number of methoxy groups -OCH3 is 1. The van der Waals surface area contributed by atoms with Crippen LogP contribution in [0.5, 0.6) is 5.75 Å².